The Morgan fingerprint density at radius 1 is 0.757 bits per heavy atom. The molecule has 0 saturated carbocycles. The van der Waals surface area contributed by atoms with Gasteiger partial charge in [-0.25, -0.2) is 4.79 Å². The molecule has 9 rings (SSSR count). The highest BCUT2D eigenvalue weighted by Crippen LogP contribution is 2.51. The molecule has 566 valence electrons. The summed E-state index contributed by atoms with van der Waals surface area (Å²) in [6.07, 6.45) is 12.0. The van der Waals surface area contributed by atoms with Crippen molar-refractivity contribution >= 4 is 131 Å². The van der Waals surface area contributed by atoms with Gasteiger partial charge in [-0.2, -0.15) is 4.58 Å². The summed E-state index contributed by atoms with van der Waals surface area (Å²) in [4.78, 5) is 154. The second kappa shape index (κ2) is 36.4. The molecular weight excluding hydrogens is 1410 g/mol. The quantitative estimate of drug-likeness (QED) is 0.0112. The van der Waals surface area contributed by atoms with Crippen LogP contribution in [0, 0.1) is 12.3 Å². The zero-order chi connectivity index (χ0) is 77.3. The second-order valence-corrected chi connectivity index (χ2v) is 30.2. The van der Waals surface area contributed by atoms with Gasteiger partial charge < -0.3 is 83.3 Å². The van der Waals surface area contributed by atoms with Gasteiger partial charge in [0.15, 0.2) is 18.2 Å². The third kappa shape index (κ3) is 20.2. The molecule has 0 bridgehead atoms. The van der Waals surface area contributed by atoms with Crippen LogP contribution in [0.4, 0.5) is 11.4 Å². The molecule has 0 spiro atoms. The number of carboxylic acid groups (broad SMARTS) is 3. The van der Waals surface area contributed by atoms with Crippen molar-refractivity contribution in [3.8, 4) is 0 Å². The molecule has 14 N–H and O–H groups in total. The highest BCUT2D eigenvalue weighted by molar-refractivity contribution is 8.76. The Kier molecular flexibility index (Phi) is 27.3. The van der Waals surface area contributed by atoms with Crippen LogP contribution < -0.4 is 58.3 Å². The number of aliphatic hydroxyl groups excluding tert-OH is 1. The summed E-state index contributed by atoms with van der Waals surface area (Å²) in [6, 6.07) is 20.2. The average Bonchev–Trinajstić information content (AvgIpc) is 1.58. The summed E-state index contributed by atoms with van der Waals surface area (Å²) in [5.41, 5.74) is 11.5. The number of guanidine groups is 1. The molecule has 0 unspecified atom stereocenters. The number of aliphatic carboxylic acids is 3. The standard InChI is InChI=1S/C77H91N13O15S2/c1-45-25-27-46(28-26-45)39-53(74(104)105)85-71(101)56-44-107-106-43-55(68(98)81-41-63(93)82-51(21-15-35-80-75(78)79)69(99)84-52(40-65(96)97)70(100)86-54(42-91)73(103)90-36-16-22-59(90)72(102)87-56)83-62(92)33-37-88-57-31-29-47-17-11-13-19-49(47)66(57)76(2,3)60(88)23-9-7-6-8-10-24-61-77(4,5)67-50-20-14-12-18-48(50)30-32-58(67)89(61)38-34-64(94)95/h6-14,17-20,23-32,51-56,59,91H,15-16,21-22,33-44H2,1-5H3,(H13-,78,79,80,81,82,83,84,85,86,87,92,93,94,95,96,97,98,99,100,101,102,104,105)/t51-,52-,53-,54-,55+,56-,59-/m0/s1. The molecule has 8 amide bonds. The highest BCUT2D eigenvalue weighted by atomic mass is 33.1. The molecule has 107 heavy (non-hydrogen) atoms. The van der Waals surface area contributed by atoms with Crippen molar-refractivity contribution in [2.75, 3.05) is 55.7 Å². The first kappa shape index (κ1) is 80.3. The Balaban J connectivity index is 0.986. The van der Waals surface area contributed by atoms with E-state index in [1.165, 1.54) is 0 Å². The van der Waals surface area contributed by atoms with E-state index in [0.29, 0.717) is 5.56 Å². The van der Waals surface area contributed by atoms with Crippen molar-refractivity contribution < 1.29 is 77.7 Å². The Bertz CT molecular complexity index is 4420. The lowest BCUT2D eigenvalue weighted by Gasteiger charge is -2.30. The van der Waals surface area contributed by atoms with E-state index in [9.17, 15) is 73.2 Å². The van der Waals surface area contributed by atoms with Crippen LogP contribution in [0.25, 0.3) is 21.5 Å². The van der Waals surface area contributed by atoms with Crippen molar-refractivity contribution in [3.63, 3.8) is 0 Å². The van der Waals surface area contributed by atoms with Crippen LogP contribution in [0.3, 0.4) is 0 Å². The number of nitrogens with one attached hydrogen (secondary N) is 9. The first-order valence-corrected chi connectivity index (χ1v) is 37.8. The fourth-order valence-electron chi connectivity index (χ4n) is 14.0. The number of aryl methyl sites for hydroxylation is 1. The molecule has 5 aromatic rings. The number of nitrogens with two attached hydrogens (primary N) is 1. The smallest absolute Gasteiger partial charge is 0.326 e. The van der Waals surface area contributed by atoms with Gasteiger partial charge in [-0.1, -0.05) is 150 Å². The largest absolute Gasteiger partial charge is 0.550 e. The van der Waals surface area contributed by atoms with E-state index < -0.39 is 144 Å². The molecule has 2 fully saturated rings. The van der Waals surface area contributed by atoms with Gasteiger partial charge in [0.05, 0.1) is 25.0 Å². The number of carboxylic acids is 3. The van der Waals surface area contributed by atoms with Crippen LogP contribution >= 0.6 is 21.6 Å². The molecule has 4 aliphatic heterocycles. The SMILES string of the molecule is Cc1ccc(C[C@H](NC(=O)[C@@H]2CSSC[C@@H](NC(=O)CCN3/C(=C/C=C/C=C/C=C/C4=[N+](CCC(=O)[O-])c5ccc6ccccc6c5C4(C)C)C(C)(C)c4c3ccc3ccccc43)C(=O)NCC(=O)N[C@@H](CCCNC(=N)N)C(=O)N[C@@H](CC(=O)O)C(=O)N[C@@H](CO)C(=O)N3CCC[C@H]3C(=O)N2)C(=O)O)cc1. The maximum Gasteiger partial charge on any atom is 0.326 e. The Morgan fingerprint density at radius 3 is 2.09 bits per heavy atom. The fourth-order valence-corrected chi connectivity index (χ4v) is 16.3. The minimum Gasteiger partial charge on any atom is -0.550 e. The normalized spacial score (nSPS) is 21.7. The number of fused-ring (bicyclic) bond motifs is 7. The van der Waals surface area contributed by atoms with E-state index in [4.69, 9.17) is 11.1 Å². The lowest BCUT2D eigenvalue weighted by Crippen LogP contribution is -2.60. The number of hydrogen-bond donors (Lipinski definition) is 13. The number of aliphatic hydroxyl groups is 1. The number of amides is 8. The van der Waals surface area contributed by atoms with Crippen LogP contribution in [-0.4, -0.2) is 195 Å². The van der Waals surface area contributed by atoms with Gasteiger partial charge in [0, 0.05) is 90.9 Å². The topological polar surface area (TPSA) is 427 Å². The van der Waals surface area contributed by atoms with Gasteiger partial charge in [0.2, 0.25) is 52.9 Å². The monoisotopic (exact) mass is 1500 g/mol. The molecule has 4 heterocycles. The minimum atomic E-state index is -1.92. The van der Waals surface area contributed by atoms with E-state index in [2.05, 4.69) is 82.4 Å². The summed E-state index contributed by atoms with van der Waals surface area (Å²) in [5.74, 6) is -12.5. The number of carbonyl (C=O) groups is 11. The molecule has 4 aliphatic rings. The molecule has 0 aliphatic carbocycles. The third-order valence-electron chi connectivity index (χ3n) is 19.3. The van der Waals surface area contributed by atoms with Gasteiger partial charge >= 0.3 is 11.9 Å². The predicted molar refractivity (Wildman–Crippen MR) is 406 cm³/mol. The fraction of sp³-hybridized carbons (Fsp3) is 0.390. The van der Waals surface area contributed by atoms with Crippen molar-refractivity contribution in [1.29, 1.82) is 5.41 Å². The Labute approximate surface area is 626 Å². The van der Waals surface area contributed by atoms with E-state index in [-0.39, 0.29) is 82.6 Å². The van der Waals surface area contributed by atoms with E-state index in [1.807, 2.05) is 120 Å². The van der Waals surface area contributed by atoms with Gasteiger partial charge in [-0.15, -0.1) is 0 Å². The maximum atomic E-state index is 14.6. The Hall–Kier alpha value is -10.8. The molecule has 7 atom stereocenters. The van der Waals surface area contributed by atoms with Crippen molar-refractivity contribution in [1.82, 2.24) is 47.4 Å². The highest BCUT2D eigenvalue weighted by Gasteiger charge is 2.47. The number of carbonyl (C=O) groups excluding carboxylic acids is 9. The van der Waals surface area contributed by atoms with Gasteiger partial charge in [-0.05, 0) is 97.3 Å². The zero-order valence-corrected chi connectivity index (χ0v) is 61.7. The number of allylic oxidation sites excluding steroid dienone is 8. The van der Waals surface area contributed by atoms with Crippen molar-refractivity contribution in [3.05, 3.63) is 168 Å². The summed E-state index contributed by atoms with van der Waals surface area (Å²) in [5, 5.41) is 74.5. The van der Waals surface area contributed by atoms with Crippen molar-refractivity contribution in [2.24, 2.45) is 5.73 Å². The zero-order valence-electron chi connectivity index (χ0n) is 60.1. The lowest BCUT2D eigenvalue weighted by atomic mass is 9.79. The first-order chi connectivity index (χ1) is 51.1. The average molecular weight is 1500 g/mol. The summed E-state index contributed by atoms with van der Waals surface area (Å²) < 4.78 is 2.04. The van der Waals surface area contributed by atoms with Crippen LogP contribution in [0.5, 0.6) is 0 Å². The summed E-state index contributed by atoms with van der Waals surface area (Å²) >= 11 is 0. The van der Waals surface area contributed by atoms with Gasteiger partial charge in [-0.3, -0.25) is 48.6 Å². The van der Waals surface area contributed by atoms with E-state index in [0.717, 1.165) is 87.5 Å². The third-order valence-corrected chi connectivity index (χ3v) is 21.7. The van der Waals surface area contributed by atoms with Crippen LogP contribution in [0.15, 0.2) is 145 Å². The molecule has 2 saturated heterocycles. The maximum absolute atomic E-state index is 14.6. The molecule has 28 nitrogen and oxygen atoms in total. The van der Waals surface area contributed by atoms with Crippen LogP contribution in [0.2, 0.25) is 0 Å². The molecule has 0 radical (unpaired) electrons. The van der Waals surface area contributed by atoms with Crippen molar-refractivity contribution in [2.45, 2.75) is 139 Å². The number of anilines is 1. The van der Waals surface area contributed by atoms with E-state index in [1.54, 1.807) is 24.3 Å². The second-order valence-electron chi connectivity index (χ2n) is 27.6. The summed E-state index contributed by atoms with van der Waals surface area (Å²) in [7, 11) is 1.96. The number of benzene rings is 5. The molecular formula is C77H91N13O15S2. The minimum absolute atomic E-state index is 0.0246. The summed E-state index contributed by atoms with van der Waals surface area (Å²) in [6.45, 7) is 8.71. The van der Waals surface area contributed by atoms with E-state index >= 15 is 0 Å². The molecule has 30 heteroatoms. The number of rotatable bonds is 23. The first-order valence-electron chi connectivity index (χ1n) is 35.3. The van der Waals surface area contributed by atoms with Crippen LogP contribution in [-0.2, 0) is 70.0 Å². The number of hydrogen-bond acceptors (Lipinski definition) is 17. The predicted octanol–water partition coefficient (Wildman–Crippen LogP) is 3.03. The lowest BCUT2D eigenvalue weighted by molar-refractivity contribution is -0.439. The van der Waals surface area contributed by atoms with Gasteiger partial charge in [0.25, 0.3) is 0 Å². The Morgan fingerprint density at radius 2 is 1.41 bits per heavy atom. The number of nitrogens with zero attached hydrogens (tertiary/aromatic N) is 3. The molecule has 0 aromatic heterocycles. The van der Waals surface area contributed by atoms with Crippen LogP contribution in [0.1, 0.15) is 94.9 Å². The van der Waals surface area contributed by atoms with Gasteiger partial charge in [0.1, 0.15) is 42.3 Å². The molecule has 5 aromatic carbocycles.